The number of rotatable bonds is 4. The molecule has 0 radical (unpaired) electrons. The van der Waals surface area contributed by atoms with Gasteiger partial charge in [-0.2, -0.15) is 0 Å². The molecule has 0 fully saturated rings. The first-order chi connectivity index (χ1) is 8.01. The van der Waals surface area contributed by atoms with Gasteiger partial charge in [-0.05, 0) is 13.0 Å². The van der Waals surface area contributed by atoms with E-state index in [-0.39, 0.29) is 17.3 Å². The highest BCUT2D eigenvalue weighted by Crippen LogP contribution is 2.30. The molecular formula is C10H9BrClF2NO2. The third-order valence-electron chi connectivity index (χ3n) is 1.92. The Labute approximate surface area is 110 Å². The standard InChI is InChI=1S/C10H9BrClF2NO2/c1-2-17-10(16)6-3-5(4-11)15-8(12)7(6)9(13)14/h3,9H,2,4H2,1H3. The van der Waals surface area contributed by atoms with Crippen LogP contribution < -0.4 is 0 Å². The molecule has 7 heteroatoms. The second-order valence-electron chi connectivity index (χ2n) is 3.02. The fraction of sp³-hybridized carbons (Fsp3) is 0.400. The van der Waals surface area contributed by atoms with Crippen LogP contribution in [-0.4, -0.2) is 17.6 Å². The zero-order valence-corrected chi connectivity index (χ0v) is 11.2. The highest BCUT2D eigenvalue weighted by Gasteiger charge is 2.24. The second kappa shape index (κ2) is 6.26. The number of aromatic nitrogens is 1. The lowest BCUT2D eigenvalue weighted by Crippen LogP contribution is -2.11. The third kappa shape index (κ3) is 3.35. The fourth-order valence-corrected chi connectivity index (χ4v) is 1.81. The number of hydrogen-bond acceptors (Lipinski definition) is 3. The number of nitrogens with zero attached hydrogens (tertiary/aromatic N) is 1. The van der Waals surface area contributed by atoms with Gasteiger partial charge in [0.15, 0.2) is 0 Å². The Morgan fingerprint density at radius 1 is 1.65 bits per heavy atom. The molecule has 0 saturated heterocycles. The largest absolute Gasteiger partial charge is 0.462 e. The van der Waals surface area contributed by atoms with Gasteiger partial charge in [-0.25, -0.2) is 18.6 Å². The van der Waals surface area contributed by atoms with Crippen LogP contribution >= 0.6 is 27.5 Å². The molecule has 0 amide bonds. The molecule has 0 atom stereocenters. The molecule has 0 aliphatic rings. The predicted octanol–water partition coefficient (Wildman–Crippen LogP) is 3.74. The maximum absolute atomic E-state index is 12.8. The summed E-state index contributed by atoms with van der Waals surface area (Å²) >= 11 is 8.75. The SMILES string of the molecule is CCOC(=O)c1cc(CBr)nc(Cl)c1C(F)F. The Morgan fingerprint density at radius 3 is 2.76 bits per heavy atom. The highest BCUT2D eigenvalue weighted by molar-refractivity contribution is 9.08. The highest BCUT2D eigenvalue weighted by atomic mass is 79.9. The van der Waals surface area contributed by atoms with Gasteiger partial charge in [0, 0.05) is 5.33 Å². The number of halogens is 4. The molecule has 0 aromatic carbocycles. The minimum atomic E-state index is -2.88. The van der Waals surface area contributed by atoms with E-state index in [2.05, 4.69) is 20.9 Å². The van der Waals surface area contributed by atoms with Crippen LogP contribution in [0, 0.1) is 0 Å². The van der Waals surface area contributed by atoms with Crippen LogP contribution in [0.5, 0.6) is 0 Å². The van der Waals surface area contributed by atoms with Crippen molar-refractivity contribution < 1.29 is 18.3 Å². The number of carbonyl (C=O) groups is 1. The van der Waals surface area contributed by atoms with Crippen molar-refractivity contribution in [2.24, 2.45) is 0 Å². The number of esters is 1. The molecule has 1 rings (SSSR count). The van der Waals surface area contributed by atoms with E-state index >= 15 is 0 Å². The molecule has 17 heavy (non-hydrogen) atoms. The van der Waals surface area contributed by atoms with Crippen LogP contribution in [0.25, 0.3) is 0 Å². The maximum Gasteiger partial charge on any atom is 0.338 e. The van der Waals surface area contributed by atoms with E-state index in [1.807, 2.05) is 0 Å². The van der Waals surface area contributed by atoms with Crippen molar-refractivity contribution in [3.63, 3.8) is 0 Å². The number of alkyl halides is 3. The van der Waals surface area contributed by atoms with E-state index in [0.29, 0.717) is 11.0 Å². The van der Waals surface area contributed by atoms with E-state index in [4.69, 9.17) is 16.3 Å². The van der Waals surface area contributed by atoms with E-state index < -0.39 is 18.0 Å². The van der Waals surface area contributed by atoms with Crippen LogP contribution in [0.15, 0.2) is 6.07 Å². The summed E-state index contributed by atoms with van der Waals surface area (Å²) in [6.45, 7) is 1.69. The summed E-state index contributed by atoms with van der Waals surface area (Å²) in [6.07, 6.45) is -2.88. The Hall–Kier alpha value is -0.750. The summed E-state index contributed by atoms with van der Waals surface area (Å²) in [5.74, 6) is -0.825. The summed E-state index contributed by atoms with van der Waals surface area (Å²) in [7, 11) is 0. The monoisotopic (exact) mass is 327 g/mol. The molecule has 94 valence electrons. The van der Waals surface area contributed by atoms with Crippen molar-refractivity contribution in [3.8, 4) is 0 Å². The van der Waals surface area contributed by atoms with Gasteiger partial charge in [-0.1, -0.05) is 27.5 Å². The van der Waals surface area contributed by atoms with Crippen molar-refractivity contribution in [2.75, 3.05) is 6.61 Å². The summed E-state index contributed by atoms with van der Waals surface area (Å²) in [4.78, 5) is 15.3. The number of ether oxygens (including phenoxy) is 1. The Bertz CT molecular complexity index is 429. The van der Waals surface area contributed by atoms with Crippen LogP contribution in [-0.2, 0) is 10.1 Å². The quantitative estimate of drug-likeness (QED) is 0.480. The average Bonchev–Trinajstić information content (AvgIpc) is 2.27. The van der Waals surface area contributed by atoms with E-state index in [1.165, 1.54) is 6.07 Å². The fourth-order valence-electron chi connectivity index (χ4n) is 1.23. The molecule has 0 aliphatic heterocycles. The molecule has 0 N–H and O–H groups in total. The smallest absolute Gasteiger partial charge is 0.338 e. The lowest BCUT2D eigenvalue weighted by atomic mass is 10.1. The molecule has 0 unspecified atom stereocenters. The Balaban J connectivity index is 3.32. The lowest BCUT2D eigenvalue weighted by Gasteiger charge is -2.10. The molecule has 3 nitrogen and oxygen atoms in total. The third-order valence-corrected chi connectivity index (χ3v) is 2.78. The van der Waals surface area contributed by atoms with Crippen molar-refractivity contribution >= 4 is 33.5 Å². The summed E-state index contributed by atoms with van der Waals surface area (Å²) in [6, 6.07) is 1.25. The Morgan fingerprint density at radius 2 is 2.29 bits per heavy atom. The molecule has 1 aromatic heterocycles. The molecule has 0 spiro atoms. The first kappa shape index (κ1) is 14.3. The average molecular weight is 329 g/mol. The van der Waals surface area contributed by atoms with Gasteiger partial charge < -0.3 is 4.74 Å². The van der Waals surface area contributed by atoms with Crippen LogP contribution in [0.4, 0.5) is 8.78 Å². The van der Waals surface area contributed by atoms with Gasteiger partial charge in [0.05, 0.1) is 23.4 Å². The van der Waals surface area contributed by atoms with Crippen molar-refractivity contribution in [1.29, 1.82) is 0 Å². The van der Waals surface area contributed by atoms with Gasteiger partial charge in [0.25, 0.3) is 6.43 Å². The maximum atomic E-state index is 12.8. The molecule has 0 saturated carbocycles. The van der Waals surface area contributed by atoms with Gasteiger partial charge in [-0.3, -0.25) is 0 Å². The van der Waals surface area contributed by atoms with Crippen molar-refractivity contribution in [1.82, 2.24) is 4.98 Å². The van der Waals surface area contributed by atoms with E-state index in [0.717, 1.165) is 0 Å². The molecule has 0 bridgehead atoms. The topological polar surface area (TPSA) is 39.2 Å². The predicted molar refractivity (Wildman–Crippen MR) is 62.8 cm³/mol. The molecule has 0 aliphatic carbocycles. The summed E-state index contributed by atoms with van der Waals surface area (Å²) in [5.41, 5.74) is -0.437. The van der Waals surface area contributed by atoms with Gasteiger partial charge in [-0.15, -0.1) is 0 Å². The minimum Gasteiger partial charge on any atom is -0.462 e. The summed E-state index contributed by atoms with van der Waals surface area (Å²) in [5, 5.41) is -0.0668. The molecule has 1 aromatic rings. The zero-order chi connectivity index (χ0) is 13.0. The van der Waals surface area contributed by atoms with Crippen molar-refractivity contribution in [2.45, 2.75) is 18.7 Å². The van der Waals surface area contributed by atoms with E-state index in [9.17, 15) is 13.6 Å². The first-order valence-electron chi connectivity index (χ1n) is 4.71. The van der Waals surface area contributed by atoms with Crippen LogP contribution in [0.1, 0.15) is 35.0 Å². The number of carbonyl (C=O) groups excluding carboxylic acids is 1. The van der Waals surface area contributed by atoms with Gasteiger partial charge in [0.2, 0.25) is 0 Å². The summed E-state index contributed by atoms with van der Waals surface area (Å²) < 4.78 is 30.3. The number of hydrogen-bond donors (Lipinski definition) is 0. The molecule has 1 heterocycles. The Kier molecular flexibility index (Phi) is 5.27. The van der Waals surface area contributed by atoms with Crippen molar-refractivity contribution in [3.05, 3.63) is 28.0 Å². The van der Waals surface area contributed by atoms with Crippen LogP contribution in [0.2, 0.25) is 5.15 Å². The molecular weight excluding hydrogens is 319 g/mol. The van der Waals surface area contributed by atoms with Crippen LogP contribution in [0.3, 0.4) is 0 Å². The van der Waals surface area contributed by atoms with Gasteiger partial charge in [0.1, 0.15) is 5.15 Å². The van der Waals surface area contributed by atoms with Gasteiger partial charge >= 0.3 is 5.97 Å². The minimum absolute atomic E-state index is 0.102. The second-order valence-corrected chi connectivity index (χ2v) is 3.94. The van der Waals surface area contributed by atoms with E-state index in [1.54, 1.807) is 6.92 Å². The lowest BCUT2D eigenvalue weighted by molar-refractivity contribution is 0.0515. The zero-order valence-electron chi connectivity index (χ0n) is 8.84. The first-order valence-corrected chi connectivity index (χ1v) is 6.21. The normalized spacial score (nSPS) is 10.7. The number of pyridine rings is 1.